The molecular formula is C22H28O5. The topological polar surface area (TPSA) is 54.0 Å². The average molecular weight is 372 g/mol. The highest BCUT2D eigenvalue weighted by molar-refractivity contribution is 6.06. The molecule has 146 valence electrons. The molecule has 0 amide bonds. The van der Waals surface area contributed by atoms with Crippen LogP contribution in [-0.2, 0) is 20.7 Å². The Kier molecular flexibility index (Phi) is 6.86. The van der Waals surface area contributed by atoms with E-state index in [1.807, 2.05) is 24.3 Å². The summed E-state index contributed by atoms with van der Waals surface area (Å²) >= 11 is 0. The van der Waals surface area contributed by atoms with Crippen LogP contribution in [0.15, 0.2) is 54.3 Å². The van der Waals surface area contributed by atoms with Crippen LogP contribution >= 0.6 is 0 Å². The van der Waals surface area contributed by atoms with Crippen molar-refractivity contribution in [2.45, 2.75) is 25.4 Å². The van der Waals surface area contributed by atoms with Crippen LogP contribution in [-0.4, -0.2) is 39.8 Å². The second-order valence-corrected chi connectivity index (χ2v) is 6.53. The quantitative estimate of drug-likeness (QED) is 0.616. The summed E-state index contributed by atoms with van der Waals surface area (Å²) in [5.41, 5.74) is 0.906. The standard InChI is InChI=1S/C22H28O5/c1-7-8-17-14-22(27-6,21(26-5)13-18(17)23)15(2)11-16-9-10-19(24-3)20(12-16)25-4/h7,9-10,12-15H,1,8,11H2,2-6H3/t15?,22-/m1/s1. The zero-order valence-corrected chi connectivity index (χ0v) is 16.7. The van der Waals surface area contributed by atoms with Crippen LogP contribution in [0.25, 0.3) is 0 Å². The van der Waals surface area contributed by atoms with Crippen molar-refractivity contribution in [3.05, 3.63) is 59.9 Å². The predicted molar refractivity (Wildman–Crippen MR) is 105 cm³/mol. The van der Waals surface area contributed by atoms with Crippen molar-refractivity contribution in [3.8, 4) is 11.5 Å². The van der Waals surface area contributed by atoms with Gasteiger partial charge in [-0.15, -0.1) is 6.58 Å². The third-order valence-corrected chi connectivity index (χ3v) is 5.00. The molecule has 1 aliphatic carbocycles. The number of rotatable bonds is 9. The highest BCUT2D eigenvalue weighted by atomic mass is 16.5. The predicted octanol–water partition coefficient (Wildman–Crippen LogP) is 3.88. The lowest BCUT2D eigenvalue weighted by Gasteiger charge is -2.39. The SMILES string of the molecule is C=CCC1=C[C@@](OC)(C(C)Cc2ccc(OC)c(OC)c2)C(OC)=CC1=O. The Balaban J connectivity index is 2.40. The second-order valence-electron chi connectivity index (χ2n) is 6.53. The maximum absolute atomic E-state index is 12.3. The van der Waals surface area contributed by atoms with Crippen molar-refractivity contribution in [2.75, 3.05) is 28.4 Å². The summed E-state index contributed by atoms with van der Waals surface area (Å²) in [4.78, 5) is 12.3. The van der Waals surface area contributed by atoms with Gasteiger partial charge in [0.2, 0.25) is 0 Å². The van der Waals surface area contributed by atoms with Crippen molar-refractivity contribution in [1.29, 1.82) is 0 Å². The van der Waals surface area contributed by atoms with Crippen LogP contribution in [0.4, 0.5) is 0 Å². The Morgan fingerprint density at radius 2 is 1.81 bits per heavy atom. The van der Waals surface area contributed by atoms with E-state index in [0.29, 0.717) is 35.7 Å². The minimum atomic E-state index is -0.825. The first kappa shape index (κ1) is 20.8. The summed E-state index contributed by atoms with van der Waals surface area (Å²) in [7, 11) is 6.42. The van der Waals surface area contributed by atoms with Gasteiger partial charge in [-0.1, -0.05) is 19.1 Å². The fourth-order valence-corrected chi connectivity index (χ4v) is 3.52. The first-order valence-electron chi connectivity index (χ1n) is 8.84. The van der Waals surface area contributed by atoms with Gasteiger partial charge in [0, 0.05) is 24.7 Å². The Morgan fingerprint density at radius 1 is 1.11 bits per heavy atom. The Hall–Kier alpha value is -2.53. The van der Waals surface area contributed by atoms with Gasteiger partial charge in [-0.3, -0.25) is 4.79 Å². The molecule has 2 rings (SSSR count). The maximum Gasteiger partial charge on any atom is 0.185 e. The summed E-state index contributed by atoms with van der Waals surface area (Å²) in [5, 5.41) is 0. The van der Waals surface area contributed by atoms with Gasteiger partial charge in [0.15, 0.2) is 17.3 Å². The average Bonchev–Trinajstić information content (AvgIpc) is 2.69. The zero-order chi connectivity index (χ0) is 20.0. The number of ether oxygens (including phenoxy) is 4. The monoisotopic (exact) mass is 372 g/mol. The molecule has 0 aliphatic heterocycles. The first-order chi connectivity index (χ1) is 12.9. The summed E-state index contributed by atoms with van der Waals surface area (Å²) in [6.07, 6.45) is 6.30. The molecule has 0 saturated heterocycles. The van der Waals surface area contributed by atoms with E-state index in [2.05, 4.69) is 13.5 Å². The van der Waals surface area contributed by atoms with Crippen molar-refractivity contribution in [1.82, 2.24) is 0 Å². The number of allylic oxidation sites excluding steroid dienone is 3. The van der Waals surface area contributed by atoms with E-state index in [1.165, 1.54) is 6.08 Å². The van der Waals surface area contributed by atoms with Gasteiger partial charge < -0.3 is 18.9 Å². The number of carbonyl (C=O) groups excluding carboxylic acids is 1. The van der Waals surface area contributed by atoms with Crippen molar-refractivity contribution in [3.63, 3.8) is 0 Å². The van der Waals surface area contributed by atoms with Gasteiger partial charge in [-0.2, -0.15) is 0 Å². The van der Waals surface area contributed by atoms with Crippen molar-refractivity contribution in [2.24, 2.45) is 5.92 Å². The molecule has 5 heteroatoms. The van der Waals surface area contributed by atoms with Gasteiger partial charge in [0.05, 0.1) is 21.3 Å². The number of ketones is 1. The van der Waals surface area contributed by atoms with E-state index in [-0.39, 0.29) is 11.7 Å². The molecule has 5 nitrogen and oxygen atoms in total. The van der Waals surface area contributed by atoms with E-state index in [4.69, 9.17) is 18.9 Å². The molecule has 0 saturated carbocycles. The molecule has 27 heavy (non-hydrogen) atoms. The molecule has 1 aromatic rings. The number of benzene rings is 1. The van der Waals surface area contributed by atoms with Gasteiger partial charge in [-0.05, 0) is 36.6 Å². The van der Waals surface area contributed by atoms with E-state index in [1.54, 1.807) is 34.5 Å². The highest BCUT2D eigenvalue weighted by Gasteiger charge is 2.43. The Morgan fingerprint density at radius 3 is 2.37 bits per heavy atom. The van der Waals surface area contributed by atoms with Crippen LogP contribution in [0, 0.1) is 5.92 Å². The third kappa shape index (κ3) is 4.08. The number of methoxy groups -OCH3 is 4. The molecular weight excluding hydrogens is 344 g/mol. The maximum atomic E-state index is 12.3. The summed E-state index contributed by atoms with van der Waals surface area (Å²) < 4.78 is 22.2. The van der Waals surface area contributed by atoms with Crippen LogP contribution in [0.3, 0.4) is 0 Å². The molecule has 0 bridgehead atoms. The Labute approximate surface area is 161 Å². The van der Waals surface area contributed by atoms with Crippen LogP contribution in [0.5, 0.6) is 11.5 Å². The smallest absolute Gasteiger partial charge is 0.185 e. The van der Waals surface area contributed by atoms with Crippen molar-refractivity contribution >= 4 is 5.78 Å². The normalized spacial score (nSPS) is 20.4. The number of hydrogen-bond donors (Lipinski definition) is 0. The Bertz CT molecular complexity index is 762. The fourth-order valence-electron chi connectivity index (χ4n) is 3.52. The zero-order valence-electron chi connectivity index (χ0n) is 16.7. The second kappa shape index (κ2) is 8.91. The summed E-state index contributed by atoms with van der Waals surface area (Å²) in [6.45, 7) is 5.81. The molecule has 0 fully saturated rings. The summed E-state index contributed by atoms with van der Waals surface area (Å²) in [5.74, 6) is 1.80. The largest absolute Gasteiger partial charge is 0.498 e. The van der Waals surface area contributed by atoms with Gasteiger partial charge in [-0.25, -0.2) is 0 Å². The van der Waals surface area contributed by atoms with E-state index < -0.39 is 5.60 Å². The lowest BCUT2D eigenvalue weighted by atomic mass is 9.77. The number of carbonyl (C=O) groups is 1. The molecule has 1 unspecified atom stereocenters. The third-order valence-electron chi connectivity index (χ3n) is 5.00. The molecule has 2 atom stereocenters. The van der Waals surface area contributed by atoms with Gasteiger partial charge in [0.25, 0.3) is 0 Å². The van der Waals surface area contributed by atoms with Crippen LogP contribution < -0.4 is 9.47 Å². The van der Waals surface area contributed by atoms with Gasteiger partial charge >= 0.3 is 0 Å². The molecule has 1 aromatic carbocycles. The molecule has 0 N–H and O–H groups in total. The van der Waals surface area contributed by atoms with Gasteiger partial charge in [0.1, 0.15) is 11.4 Å². The molecule has 0 aromatic heterocycles. The summed E-state index contributed by atoms with van der Waals surface area (Å²) in [6, 6.07) is 5.84. The molecule has 0 radical (unpaired) electrons. The van der Waals surface area contributed by atoms with Crippen LogP contribution in [0.2, 0.25) is 0 Å². The fraction of sp³-hybridized carbons (Fsp3) is 0.409. The van der Waals surface area contributed by atoms with E-state index >= 15 is 0 Å². The molecule has 1 aliphatic rings. The van der Waals surface area contributed by atoms with Crippen LogP contribution in [0.1, 0.15) is 18.9 Å². The molecule has 0 heterocycles. The van der Waals surface area contributed by atoms with E-state index in [9.17, 15) is 4.79 Å². The van der Waals surface area contributed by atoms with E-state index in [0.717, 1.165) is 5.56 Å². The lowest BCUT2D eigenvalue weighted by Crippen LogP contribution is -2.43. The minimum absolute atomic E-state index is 0.000263. The van der Waals surface area contributed by atoms with Crippen molar-refractivity contribution < 1.29 is 23.7 Å². The lowest BCUT2D eigenvalue weighted by molar-refractivity contribution is -0.112. The minimum Gasteiger partial charge on any atom is -0.498 e. The highest BCUT2D eigenvalue weighted by Crippen LogP contribution is 2.39. The molecule has 0 spiro atoms. The first-order valence-corrected chi connectivity index (χ1v) is 8.84. The number of hydrogen-bond acceptors (Lipinski definition) is 5.